The van der Waals surface area contributed by atoms with Crippen molar-refractivity contribution in [2.45, 2.75) is 6.61 Å². The number of hydrogen-bond acceptors (Lipinski definition) is 7. The second-order valence-electron chi connectivity index (χ2n) is 6.15. The lowest BCUT2D eigenvalue weighted by molar-refractivity contribution is -0.387. The van der Waals surface area contributed by atoms with Crippen LogP contribution in [-0.4, -0.2) is 27.1 Å². The fourth-order valence-corrected chi connectivity index (χ4v) is 3.06. The van der Waals surface area contributed by atoms with Crippen LogP contribution in [0.15, 0.2) is 41.2 Å². The Hall–Kier alpha value is -3.56. The molecule has 2 aromatic carbocycles. The summed E-state index contributed by atoms with van der Waals surface area (Å²) in [5.41, 5.74) is -0.653. The van der Waals surface area contributed by atoms with Crippen molar-refractivity contribution in [3.8, 4) is 17.4 Å². The number of H-pyrrole nitrogens is 1. The molecular formula is C20H15Cl2N3O6. The molecular weight excluding hydrogens is 449 g/mol. The van der Waals surface area contributed by atoms with Crippen LogP contribution in [0.5, 0.6) is 17.4 Å². The molecule has 0 saturated heterocycles. The second-order valence-corrected chi connectivity index (χ2v) is 6.99. The monoisotopic (exact) mass is 463 g/mol. The van der Waals surface area contributed by atoms with Crippen LogP contribution in [0, 0.1) is 10.1 Å². The van der Waals surface area contributed by atoms with E-state index in [1.807, 2.05) is 0 Å². The summed E-state index contributed by atoms with van der Waals surface area (Å²) in [7, 11) is 1.48. The predicted molar refractivity (Wildman–Crippen MR) is 116 cm³/mol. The summed E-state index contributed by atoms with van der Waals surface area (Å²) >= 11 is 12.0. The van der Waals surface area contributed by atoms with E-state index < -0.39 is 22.0 Å². The van der Waals surface area contributed by atoms with Gasteiger partial charge in [0.15, 0.2) is 11.5 Å². The van der Waals surface area contributed by atoms with Gasteiger partial charge in [-0.25, -0.2) is 0 Å². The number of halogens is 2. The lowest BCUT2D eigenvalue weighted by Gasteiger charge is -2.12. The standard InChI is InChI=1S/C20H15Cl2N3O6/c1-30-16-8-11(3-7-17-23-19(26)18(25(28)29)20(27)24-17)2-6-15(16)31-10-12-4-5-13(21)9-14(12)22/h2-9H,10H2,1H3,(H2,23,24,26,27)/b7-3-. The molecule has 11 heteroatoms. The van der Waals surface area contributed by atoms with Gasteiger partial charge in [-0.15, -0.1) is 0 Å². The molecule has 0 saturated carbocycles. The zero-order chi connectivity index (χ0) is 22.5. The van der Waals surface area contributed by atoms with Gasteiger partial charge in [-0.3, -0.25) is 14.9 Å². The minimum Gasteiger partial charge on any atom is -0.493 e. The van der Waals surface area contributed by atoms with Crippen molar-refractivity contribution in [1.29, 1.82) is 0 Å². The van der Waals surface area contributed by atoms with Gasteiger partial charge in [0.25, 0.3) is 5.88 Å². The first-order chi connectivity index (χ1) is 14.8. The SMILES string of the molecule is COc1cc(/C=C\c2nc(O)c([N+](=O)[O-])c(=O)[nH]2)ccc1OCc1ccc(Cl)cc1Cl. The molecule has 0 spiro atoms. The van der Waals surface area contributed by atoms with E-state index in [2.05, 4.69) is 9.97 Å². The van der Waals surface area contributed by atoms with Crippen LogP contribution in [0.25, 0.3) is 12.2 Å². The van der Waals surface area contributed by atoms with Gasteiger partial charge >= 0.3 is 11.2 Å². The molecule has 31 heavy (non-hydrogen) atoms. The van der Waals surface area contributed by atoms with Gasteiger partial charge in [-0.2, -0.15) is 4.98 Å². The molecule has 0 aliphatic rings. The highest BCUT2D eigenvalue weighted by Crippen LogP contribution is 2.31. The molecule has 3 aromatic rings. The topological polar surface area (TPSA) is 128 Å². The molecule has 2 N–H and O–H groups in total. The molecule has 0 amide bonds. The average molecular weight is 464 g/mol. The number of ether oxygens (including phenoxy) is 2. The van der Waals surface area contributed by atoms with E-state index in [9.17, 15) is 20.0 Å². The van der Waals surface area contributed by atoms with Gasteiger partial charge in [0.2, 0.25) is 0 Å². The Morgan fingerprint density at radius 3 is 2.61 bits per heavy atom. The normalized spacial score (nSPS) is 10.9. The first-order valence-electron chi connectivity index (χ1n) is 8.69. The lowest BCUT2D eigenvalue weighted by atomic mass is 10.2. The highest BCUT2D eigenvalue weighted by atomic mass is 35.5. The third-order valence-electron chi connectivity index (χ3n) is 4.10. The number of aromatic hydroxyl groups is 1. The van der Waals surface area contributed by atoms with Gasteiger partial charge in [-0.1, -0.05) is 41.4 Å². The van der Waals surface area contributed by atoms with Gasteiger partial charge in [0.05, 0.1) is 12.0 Å². The minimum atomic E-state index is -1.06. The summed E-state index contributed by atoms with van der Waals surface area (Å²) < 4.78 is 11.1. The van der Waals surface area contributed by atoms with Crippen molar-refractivity contribution in [1.82, 2.24) is 9.97 Å². The molecule has 3 rings (SSSR count). The minimum absolute atomic E-state index is 0.0511. The van der Waals surface area contributed by atoms with E-state index in [4.69, 9.17) is 32.7 Å². The third-order valence-corrected chi connectivity index (χ3v) is 4.68. The van der Waals surface area contributed by atoms with E-state index >= 15 is 0 Å². The zero-order valence-corrected chi connectivity index (χ0v) is 17.5. The maximum atomic E-state index is 11.7. The fraction of sp³-hybridized carbons (Fsp3) is 0.100. The Bertz CT molecular complexity index is 1230. The first kappa shape index (κ1) is 22.1. The summed E-state index contributed by atoms with van der Waals surface area (Å²) in [5, 5.41) is 21.3. The summed E-state index contributed by atoms with van der Waals surface area (Å²) in [6, 6.07) is 10.2. The van der Waals surface area contributed by atoms with Gasteiger partial charge in [0, 0.05) is 15.6 Å². The third kappa shape index (κ3) is 5.33. The van der Waals surface area contributed by atoms with Crippen LogP contribution >= 0.6 is 23.2 Å². The van der Waals surface area contributed by atoms with Crippen LogP contribution in [-0.2, 0) is 6.61 Å². The maximum Gasteiger partial charge on any atom is 0.395 e. The first-order valence-corrected chi connectivity index (χ1v) is 9.44. The number of aromatic nitrogens is 2. The Balaban J connectivity index is 1.78. The largest absolute Gasteiger partial charge is 0.493 e. The number of methoxy groups -OCH3 is 1. The average Bonchev–Trinajstić information content (AvgIpc) is 2.71. The maximum absolute atomic E-state index is 11.7. The number of benzene rings is 2. The molecule has 1 heterocycles. The molecule has 0 aliphatic carbocycles. The van der Waals surface area contributed by atoms with Crippen LogP contribution < -0.4 is 15.0 Å². The van der Waals surface area contributed by atoms with Crippen molar-refractivity contribution >= 4 is 41.0 Å². The Morgan fingerprint density at radius 2 is 1.97 bits per heavy atom. The number of aromatic amines is 1. The molecule has 0 aliphatic heterocycles. The summed E-state index contributed by atoms with van der Waals surface area (Å²) in [6.45, 7) is 0.203. The molecule has 9 nitrogen and oxygen atoms in total. The molecule has 0 bridgehead atoms. The molecule has 1 aromatic heterocycles. The van der Waals surface area contributed by atoms with Crippen LogP contribution in [0.1, 0.15) is 17.0 Å². The highest BCUT2D eigenvalue weighted by molar-refractivity contribution is 6.35. The Labute approximate surface area is 185 Å². The van der Waals surface area contributed by atoms with Crippen molar-refractivity contribution in [2.75, 3.05) is 7.11 Å². The number of nitrogens with one attached hydrogen (secondary N) is 1. The Morgan fingerprint density at radius 1 is 1.19 bits per heavy atom. The Kier molecular flexibility index (Phi) is 6.78. The van der Waals surface area contributed by atoms with Gasteiger partial charge in [-0.05, 0) is 35.9 Å². The van der Waals surface area contributed by atoms with E-state index in [-0.39, 0.29) is 12.4 Å². The molecule has 0 radical (unpaired) electrons. The summed E-state index contributed by atoms with van der Waals surface area (Å²) in [5.74, 6) is -0.0919. The number of nitro groups is 1. The van der Waals surface area contributed by atoms with E-state index in [0.717, 1.165) is 5.56 Å². The molecule has 0 fully saturated rings. The number of nitrogens with zero attached hydrogens (tertiary/aromatic N) is 2. The van der Waals surface area contributed by atoms with Crippen molar-refractivity contribution < 1.29 is 19.5 Å². The molecule has 160 valence electrons. The number of rotatable bonds is 7. The highest BCUT2D eigenvalue weighted by Gasteiger charge is 2.21. The number of hydrogen-bond donors (Lipinski definition) is 2. The lowest BCUT2D eigenvalue weighted by Crippen LogP contribution is -2.14. The summed E-state index contributed by atoms with van der Waals surface area (Å²) in [4.78, 5) is 27.3. The zero-order valence-electron chi connectivity index (χ0n) is 16.0. The van der Waals surface area contributed by atoms with Crippen LogP contribution in [0.2, 0.25) is 10.0 Å². The summed E-state index contributed by atoms with van der Waals surface area (Å²) in [6.07, 6.45) is 2.96. The van der Waals surface area contributed by atoms with Crippen LogP contribution in [0.4, 0.5) is 5.69 Å². The predicted octanol–water partition coefficient (Wildman–Crippen LogP) is 4.45. The van der Waals surface area contributed by atoms with Gasteiger partial charge < -0.3 is 19.6 Å². The second kappa shape index (κ2) is 9.50. The fourth-order valence-electron chi connectivity index (χ4n) is 2.59. The smallest absolute Gasteiger partial charge is 0.395 e. The van der Waals surface area contributed by atoms with E-state index in [0.29, 0.717) is 27.1 Å². The van der Waals surface area contributed by atoms with Crippen molar-refractivity contribution in [2.24, 2.45) is 0 Å². The van der Waals surface area contributed by atoms with E-state index in [1.165, 1.54) is 13.2 Å². The van der Waals surface area contributed by atoms with Gasteiger partial charge in [0.1, 0.15) is 12.4 Å². The van der Waals surface area contributed by atoms with Crippen molar-refractivity contribution in [3.63, 3.8) is 0 Å². The van der Waals surface area contributed by atoms with E-state index in [1.54, 1.807) is 42.5 Å². The van der Waals surface area contributed by atoms with Crippen LogP contribution in [0.3, 0.4) is 0 Å². The van der Waals surface area contributed by atoms with Crippen molar-refractivity contribution in [3.05, 3.63) is 83.9 Å². The molecule has 0 atom stereocenters. The quantitative estimate of drug-likeness (QED) is 0.391. The molecule has 0 unspecified atom stereocenters.